The average molecular weight is 757 g/mol. The van der Waals surface area contributed by atoms with E-state index in [0.717, 1.165) is 40.2 Å². The van der Waals surface area contributed by atoms with Crippen molar-refractivity contribution in [3.05, 3.63) is 70.8 Å². The van der Waals surface area contributed by atoms with Crippen molar-refractivity contribution in [3.63, 3.8) is 0 Å². The summed E-state index contributed by atoms with van der Waals surface area (Å²) >= 11 is 1.77. The Morgan fingerprint density at radius 3 is 1.65 bits per heavy atom. The number of unbranched alkanes of at least 4 members (excludes halogenated alkanes) is 1. The molecule has 52 heavy (non-hydrogen) atoms. The van der Waals surface area contributed by atoms with E-state index in [0.29, 0.717) is 31.2 Å². The van der Waals surface area contributed by atoms with Crippen LogP contribution in [0, 0.1) is 21.6 Å². The van der Waals surface area contributed by atoms with Crippen LogP contribution >= 0.6 is 23.5 Å². The molecule has 1 atom stereocenters. The molecule has 0 saturated heterocycles. The number of thioether (sulfide) groups is 2. The average Bonchev–Trinajstić information content (AvgIpc) is 2.99. The molecule has 9 N–H and O–H groups in total. The number of carbonyl (C=O) groups is 3. The highest BCUT2D eigenvalue weighted by Crippen LogP contribution is 2.16. The molecule has 0 aliphatic heterocycles. The fourth-order valence-corrected chi connectivity index (χ4v) is 5.79. The molecule has 2 rings (SSSR count). The Morgan fingerprint density at radius 1 is 0.712 bits per heavy atom. The number of aliphatic hydroxyl groups excluding tert-OH is 1. The Kier molecular flexibility index (Phi) is 17.8. The second-order valence-electron chi connectivity index (χ2n) is 13.9. The second-order valence-corrected chi connectivity index (χ2v) is 16.1. The standard InChI is InChI=1S/C36H52N8O6S2/c1-35(2,3)49-33(47)41-21-25-13-9-11-23(17-25)19-29(45)43-31(39)51-27(37)15-7-8-16-28(38)52-32(40)44-30(46)20-24-12-10-14-26(18-24)22-42-34(48)50-36(4,5)6/h9-14,17-18,29,37-38,45H,7-8,15-16,19-22H2,1-6H3,(H2,39,43)(H,41,47)(H,42,48)(H2,40,44,46). The molecular weight excluding hydrogens is 705 g/mol. The zero-order valence-electron chi connectivity index (χ0n) is 30.7. The smallest absolute Gasteiger partial charge is 0.407 e. The van der Waals surface area contributed by atoms with Crippen LogP contribution in [0.25, 0.3) is 0 Å². The lowest BCUT2D eigenvalue weighted by molar-refractivity contribution is -0.119. The van der Waals surface area contributed by atoms with E-state index < -0.39 is 35.5 Å². The minimum atomic E-state index is -1.05. The molecule has 0 aliphatic rings. The van der Waals surface area contributed by atoms with Crippen LogP contribution in [0.15, 0.2) is 48.5 Å². The minimum Gasteiger partial charge on any atom is -0.444 e. The first-order valence-corrected chi connectivity index (χ1v) is 18.4. The first-order chi connectivity index (χ1) is 24.3. The summed E-state index contributed by atoms with van der Waals surface area (Å²) in [5.74, 6) is -0.393. The summed E-state index contributed by atoms with van der Waals surface area (Å²) in [5, 5.41) is 53.9. The van der Waals surface area contributed by atoms with Gasteiger partial charge in [0.1, 0.15) is 17.4 Å². The van der Waals surface area contributed by atoms with E-state index in [-0.39, 0.29) is 46.4 Å². The van der Waals surface area contributed by atoms with Gasteiger partial charge in [0.15, 0.2) is 10.3 Å². The number of hydrogen-bond acceptors (Lipinski definition) is 12. The molecule has 0 bridgehead atoms. The van der Waals surface area contributed by atoms with Crippen molar-refractivity contribution >= 4 is 62.0 Å². The normalized spacial score (nSPS) is 11.8. The fourth-order valence-electron chi connectivity index (χ4n) is 4.45. The number of rotatable bonds is 14. The van der Waals surface area contributed by atoms with Crippen LogP contribution in [-0.4, -0.2) is 61.1 Å². The molecule has 1 unspecified atom stereocenters. The summed E-state index contributed by atoms with van der Waals surface area (Å²) in [5.41, 5.74) is 1.95. The molecule has 0 aliphatic carbocycles. The number of nitrogens with one attached hydrogen (secondary N) is 8. The van der Waals surface area contributed by atoms with E-state index in [9.17, 15) is 19.5 Å². The SMILES string of the molecule is CC(C)(C)OC(=O)NCc1cccc(CC(=O)NC(=N)SC(=N)CCCCC(=N)SC(=N)NC(O)Cc2cccc(CNC(=O)OC(C)(C)C)c2)c1. The molecule has 0 fully saturated rings. The third-order valence-electron chi connectivity index (χ3n) is 6.51. The maximum Gasteiger partial charge on any atom is 0.407 e. The summed E-state index contributed by atoms with van der Waals surface area (Å²) in [6.45, 7) is 11.2. The predicted molar refractivity (Wildman–Crippen MR) is 208 cm³/mol. The first-order valence-electron chi connectivity index (χ1n) is 16.8. The maximum absolute atomic E-state index is 12.5. The summed E-state index contributed by atoms with van der Waals surface area (Å²) < 4.78 is 10.5. The molecule has 0 saturated carbocycles. The molecular formula is C36H52N8O6S2. The Labute approximate surface area is 314 Å². The molecule has 3 amide bonds. The molecule has 2 aromatic rings. The van der Waals surface area contributed by atoms with Gasteiger partial charge in [-0.15, -0.1) is 0 Å². The highest BCUT2D eigenvalue weighted by molar-refractivity contribution is 8.26. The number of alkyl carbamates (subject to hydrolysis) is 2. The second kappa shape index (κ2) is 21.2. The summed E-state index contributed by atoms with van der Waals surface area (Å²) in [7, 11) is 0. The van der Waals surface area contributed by atoms with Crippen molar-refractivity contribution in [3.8, 4) is 0 Å². The first kappa shape index (κ1) is 43.8. The van der Waals surface area contributed by atoms with Crippen LogP contribution in [0.1, 0.15) is 89.5 Å². The maximum atomic E-state index is 12.5. The predicted octanol–water partition coefficient (Wildman–Crippen LogP) is 6.40. The van der Waals surface area contributed by atoms with Gasteiger partial charge in [0.25, 0.3) is 0 Å². The largest absolute Gasteiger partial charge is 0.444 e. The number of amidine groups is 2. The molecule has 16 heteroatoms. The Morgan fingerprint density at radius 2 is 1.15 bits per heavy atom. The van der Waals surface area contributed by atoms with E-state index >= 15 is 0 Å². The van der Waals surface area contributed by atoms with Crippen molar-refractivity contribution in [2.24, 2.45) is 0 Å². The molecule has 0 aromatic heterocycles. The van der Waals surface area contributed by atoms with Crippen molar-refractivity contribution < 1.29 is 29.0 Å². The molecule has 2 aromatic carbocycles. The van der Waals surface area contributed by atoms with Crippen LogP contribution in [0.5, 0.6) is 0 Å². The van der Waals surface area contributed by atoms with Crippen molar-refractivity contribution in [2.45, 2.75) is 111 Å². The van der Waals surface area contributed by atoms with E-state index in [1.54, 1.807) is 59.7 Å². The number of hydrogen-bond donors (Lipinski definition) is 9. The van der Waals surface area contributed by atoms with Gasteiger partial charge in [-0.25, -0.2) is 9.59 Å². The fraction of sp³-hybridized carbons (Fsp3) is 0.472. The quantitative estimate of drug-likeness (QED) is 0.0449. The van der Waals surface area contributed by atoms with E-state index in [2.05, 4.69) is 21.3 Å². The van der Waals surface area contributed by atoms with Crippen LogP contribution in [0.3, 0.4) is 0 Å². The van der Waals surface area contributed by atoms with Crippen LogP contribution in [-0.2, 0) is 40.2 Å². The zero-order valence-corrected chi connectivity index (χ0v) is 32.3. The molecule has 284 valence electrons. The van der Waals surface area contributed by atoms with Gasteiger partial charge in [-0.1, -0.05) is 48.5 Å². The molecule has 0 spiro atoms. The number of benzene rings is 2. The van der Waals surface area contributed by atoms with Crippen molar-refractivity contribution in [2.75, 3.05) is 0 Å². The highest BCUT2D eigenvalue weighted by atomic mass is 32.2. The lowest BCUT2D eigenvalue weighted by atomic mass is 10.1. The lowest BCUT2D eigenvalue weighted by Crippen LogP contribution is -2.34. The number of amides is 3. The number of aliphatic hydroxyl groups is 1. The number of carbonyl (C=O) groups excluding carboxylic acids is 3. The third-order valence-corrected chi connectivity index (χ3v) is 8.04. The van der Waals surface area contributed by atoms with Gasteiger partial charge in [-0.3, -0.25) is 26.4 Å². The molecule has 14 nitrogen and oxygen atoms in total. The third kappa shape index (κ3) is 20.4. The topological polar surface area (TPSA) is 233 Å². The summed E-state index contributed by atoms with van der Waals surface area (Å²) in [4.78, 5) is 36.3. The van der Waals surface area contributed by atoms with Gasteiger partial charge in [0, 0.05) is 19.5 Å². The van der Waals surface area contributed by atoms with Gasteiger partial charge in [0.05, 0.1) is 16.5 Å². The van der Waals surface area contributed by atoms with Gasteiger partial charge < -0.3 is 35.8 Å². The van der Waals surface area contributed by atoms with E-state index in [1.165, 1.54) is 0 Å². The Balaban J connectivity index is 1.63. The lowest BCUT2D eigenvalue weighted by Gasteiger charge is -2.20. The zero-order chi connectivity index (χ0) is 38.9. The van der Waals surface area contributed by atoms with Gasteiger partial charge in [0.2, 0.25) is 5.91 Å². The monoisotopic (exact) mass is 756 g/mol. The number of ether oxygens (including phenoxy) is 2. The van der Waals surface area contributed by atoms with E-state index in [1.807, 2.05) is 30.3 Å². The van der Waals surface area contributed by atoms with Gasteiger partial charge in [-0.2, -0.15) is 0 Å². The van der Waals surface area contributed by atoms with Crippen molar-refractivity contribution in [1.29, 1.82) is 21.6 Å². The van der Waals surface area contributed by atoms with Gasteiger partial charge in [-0.05, 0) is 113 Å². The Bertz CT molecular complexity index is 1590. The van der Waals surface area contributed by atoms with E-state index in [4.69, 9.17) is 31.1 Å². The molecule has 0 heterocycles. The van der Waals surface area contributed by atoms with Crippen LogP contribution in [0.2, 0.25) is 0 Å². The highest BCUT2D eigenvalue weighted by Gasteiger charge is 2.17. The van der Waals surface area contributed by atoms with Crippen LogP contribution < -0.4 is 21.3 Å². The minimum absolute atomic E-state index is 0.0273. The molecule has 0 radical (unpaired) electrons. The van der Waals surface area contributed by atoms with Crippen LogP contribution in [0.4, 0.5) is 9.59 Å². The van der Waals surface area contributed by atoms with Crippen molar-refractivity contribution in [1.82, 2.24) is 21.3 Å². The summed E-state index contributed by atoms with van der Waals surface area (Å²) in [6.07, 6.45) is 0.0754. The Hall–Kier alpha value is -4.41. The van der Waals surface area contributed by atoms with Gasteiger partial charge >= 0.3 is 12.2 Å². The summed E-state index contributed by atoms with van der Waals surface area (Å²) in [6, 6.07) is 14.5.